The smallest absolute Gasteiger partial charge is 0.225 e. The van der Waals surface area contributed by atoms with Crippen LogP contribution in [-0.4, -0.2) is 34.8 Å². The summed E-state index contributed by atoms with van der Waals surface area (Å²) in [6, 6.07) is 0. The highest BCUT2D eigenvalue weighted by atomic mass is 19.1. The van der Waals surface area contributed by atoms with E-state index in [-0.39, 0.29) is 6.61 Å². The van der Waals surface area contributed by atoms with E-state index < -0.39 is 5.82 Å². The molecule has 0 saturated carbocycles. The number of halogens is 1. The highest BCUT2D eigenvalue weighted by Gasteiger charge is 2.23. The minimum atomic E-state index is -0.424. The van der Waals surface area contributed by atoms with E-state index in [0.717, 1.165) is 31.9 Å². The van der Waals surface area contributed by atoms with Crippen LogP contribution < -0.4 is 4.90 Å². The van der Waals surface area contributed by atoms with Gasteiger partial charge in [-0.2, -0.15) is 0 Å². The van der Waals surface area contributed by atoms with Gasteiger partial charge in [0.15, 0.2) is 5.82 Å². The Kier molecular flexibility index (Phi) is 2.58. The molecule has 76 valence electrons. The van der Waals surface area contributed by atoms with Crippen molar-refractivity contribution in [3.8, 4) is 0 Å². The second-order valence-corrected chi connectivity index (χ2v) is 3.48. The Labute approximate surface area is 81.4 Å². The fourth-order valence-corrected chi connectivity index (χ4v) is 1.63. The van der Waals surface area contributed by atoms with Crippen molar-refractivity contribution in [3.63, 3.8) is 0 Å². The number of anilines is 1. The summed E-state index contributed by atoms with van der Waals surface area (Å²) in [5.41, 5.74) is 0. The Hall–Kier alpha value is -1.23. The molecule has 5 heteroatoms. The molecule has 2 heterocycles. The zero-order valence-corrected chi connectivity index (χ0v) is 7.73. The summed E-state index contributed by atoms with van der Waals surface area (Å²) in [5, 5.41) is 8.95. The molecule has 1 aromatic heterocycles. The molecule has 0 aromatic carbocycles. The van der Waals surface area contributed by atoms with Crippen LogP contribution >= 0.6 is 0 Å². The number of hydrogen-bond donors (Lipinski definition) is 1. The van der Waals surface area contributed by atoms with E-state index in [1.54, 1.807) is 0 Å². The van der Waals surface area contributed by atoms with Crippen molar-refractivity contribution in [2.75, 3.05) is 24.6 Å². The van der Waals surface area contributed by atoms with Crippen LogP contribution in [0.3, 0.4) is 0 Å². The van der Waals surface area contributed by atoms with Gasteiger partial charge in [-0.1, -0.05) is 0 Å². The maximum atomic E-state index is 12.5. The Morgan fingerprint density at radius 3 is 2.79 bits per heavy atom. The second kappa shape index (κ2) is 3.88. The average molecular weight is 197 g/mol. The molecule has 0 aliphatic carbocycles. The summed E-state index contributed by atoms with van der Waals surface area (Å²) >= 11 is 0. The van der Waals surface area contributed by atoms with E-state index in [2.05, 4.69) is 9.97 Å². The van der Waals surface area contributed by atoms with Crippen LogP contribution in [-0.2, 0) is 0 Å². The van der Waals surface area contributed by atoms with E-state index in [1.807, 2.05) is 4.90 Å². The normalized spacial score (nSPS) is 21.6. The lowest BCUT2D eigenvalue weighted by molar-refractivity contribution is 0.238. The molecule has 14 heavy (non-hydrogen) atoms. The molecular weight excluding hydrogens is 185 g/mol. The van der Waals surface area contributed by atoms with Crippen LogP contribution in [0.5, 0.6) is 0 Å². The van der Waals surface area contributed by atoms with Gasteiger partial charge in [-0.15, -0.1) is 0 Å². The quantitative estimate of drug-likeness (QED) is 0.747. The van der Waals surface area contributed by atoms with Gasteiger partial charge in [0.25, 0.3) is 0 Å². The van der Waals surface area contributed by atoms with Gasteiger partial charge in [0.2, 0.25) is 5.95 Å². The van der Waals surface area contributed by atoms with Crippen molar-refractivity contribution >= 4 is 5.95 Å². The summed E-state index contributed by atoms with van der Waals surface area (Å²) in [6.45, 7) is 1.77. The Morgan fingerprint density at radius 2 is 2.21 bits per heavy atom. The summed E-state index contributed by atoms with van der Waals surface area (Å²) in [6.07, 6.45) is 3.26. The minimum Gasteiger partial charge on any atom is -0.396 e. The van der Waals surface area contributed by atoms with Gasteiger partial charge in [-0.25, -0.2) is 14.4 Å². The van der Waals surface area contributed by atoms with Gasteiger partial charge in [-0.3, -0.25) is 0 Å². The number of hydrogen-bond acceptors (Lipinski definition) is 4. The Morgan fingerprint density at radius 1 is 1.50 bits per heavy atom. The highest BCUT2D eigenvalue weighted by Crippen LogP contribution is 2.19. The minimum absolute atomic E-state index is 0.192. The first-order chi connectivity index (χ1) is 6.79. The third kappa shape index (κ3) is 1.82. The first kappa shape index (κ1) is 9.33. The van der Waals surface area contributed by atoms with Crippen LogP contribution in [0, 0.1) is 11.7 Å². The van der Waals surface area contributed by atoms with Gasteiger partial charge >= 0.3 is 0 Å². The molecule has 1 aliphatic heterocycles. The van der Waals surface area contributed by atoms with Gasteiger partial charge in [0, 0.05) is 25.6 Å². The molecule has 1 N–H and O–H groups in total. The van der Waals surface area contributed by atoms with Gasteiger partial charge in [0.05, 0.1) is 12.4 Å². The molecule has 1 fully saturated rings. The molecule has 1 saturated heterocycles. The summed E-state index contributed by atoms with van der Waals surface area (Å²) in [5.74, 6) is 0.414. The molecule has 0 bridgehead atoms. The molecule has 1 aliphatic rings. The zero-order chi connectivity index (χ0) is 9.97. The fourth-order valence-electron chi connectivity index (χ4n) is 1.63. The summed E-state index contributed by atoms with van der Waals surface area (Å²) in [4.78, 5) is 9.73. The van der Waals surface area contributed by atoms with Crippen molar-refractivity contribution in [1.29, 1.82) is 0 Å². The van der Waals surface area contributed by atoms with Crippen LogP contribution in [0.2, 0.25) is 0 Å². The maximum Gasteiger partial charge on any atom is 0.225 e. The number of aliphatic hydroxyl groups excluding tert-OH is 1. The van der Waals surface area contributed by atoms with Crippen LogP contribution in [0.4, 0.5) is 10.3 Å². The predicted octanol–water partition coefficient (Wildman–Crippen LogP) is 0.434. The van der Waals surface area contributed by atoms with E-state index >= 15 is 0 Å². The Balaban J connectivity index is 2.06. The first-order valence-electron chi connectivity index (χ1n) is 4.63. The van der Waals surface area contributed by atoms with E-state index in [0.29, 0.717) is 11.9 Å². The van der Waals surface area contributed by atoms with Crippen molar-refractivity contribution in [3.05, 3.63) is 18.2 Å². The number of aliphatic hydroxyl groups is 1. The van der Waals surface area contributed by atoms with Crippen molar-refractivity contribution < 1.29 is 9.50 Å². The standard InChI is InChI=1S/C9H12FN3O/c10-8-3-11-9(12-4-8)13-2-1-7(5-13)6-14/h3-4,7,14H,1-2,5-6H2. The third-order valence-corrected chi connectivity index (χ3v) is 2.43. The lowest BCUT2D eigenvalue weighted by atomic mass is 10.1. The van der Waals surface area contributed by atoms with Crippen LogP contribution in [0.1, 0.15) is 6.42 Å². The molecule has 1 unspecified atom stereocenters. The molecule has 0 radical (unpaired) electrons. The monoisotopic (exact) mass is 197 g/mol. The van der Waals surface area contributed by atoms with E-state index in [9.17, 15) is 4.39 Å². The van der Waals surface area contributed by atoms with Gasteiger partial charge in [-0.05, 0) is 6.42 Å². The molecule has 0 spiro atoms. The second-order valence-electron chi connectivity index (χ2n) is 3.48. The predicted molar refractivity (Wildman–Crippen MR) is 49.4 cm³/mol. The molecule has 1 atom stereocenters. The topological polar surface area (TPSA) is 49.2 Å². The molecule has 0 amide bonds. The third-order valence-electron chi connectivity index (χ3n) is 2.43. The fraction of sp³-hybridized carbons (Fsp3) is 0.556. The summed E-state index contributed by atoms with van der Waals surface area (Å²) in [7, 11) is 0. The SMILES string of the molecule is OCC1CCN(c2ncc(F)cn2)C1. The largest absolute Gasteiger partial charge is 0.396 e. The van der Waals surface area contributed by atoms with Gasteiger partial charge in [0.1, 0.15) is 0 Å². The number of aromatic nitrogens is 2. The van der Waals surface area contributed by atoms with Crippen LogP contribution in [0.25, 0.3) is 0 Å². The van der Waals surface area contributed by atoms with Crippen molar-refractivity contribution in [2.24, 2.45) is 5.92 Å². The highest BCUT2D eigenvalue weighted by molar-refractivity contribution is 5.30. The average Bonchev–Trinajstić information content (AvgIpc) is 2.67. The number of rotatable bonds is 2. The van der Waals surface area contributed by atoms with Crippen molar-refractivity contribution in [2.45, 2.75) is 6.42 Å². The van der Waals surface area contributed by atoms with Crippen LogP contribution in [0.15, 0.2) is 12.4 Å². The zero-order valence-electron chi connectivity index (χ0n) is 7.73. The lowest BCUT2D eigenvalue weighted by Crippen LogP contribution is -2.22. The van der Waals surface area contributed by atoms with Gasteiger partial charge < -0.3 is 10.0 Å². The Bertz CT molecular complexity index is 303. The molecular formula is C9H12FN3O. The molecule has 4 nitrogen and oxygen atoms in total. The van der Waals surface area contributed by atoms with Crippen molar-refractivity contribution in [1.82, 2.24) is 9.97 Å². The first-order valence-corrected chi connectivity index (χ1v) is 4.63. The molecule has 2 rings (SSSR count). The molecule has 1 aromatic rings. The number of nitrogens with zero attached hydrogens (tertiary/aromatic N) is 3. The summed E-state index contributed by atoms with van der Waals surface area (Å²) < 4.78 is 12.5. The van der Waals surface area contributed by atoms with E-state index in [4.69, 9.17) is 5.11 Å². The van der Waals surface area contributed by atoms with E-state index in [1.165, 1.54) is 0 Å². The maximum absolute atomic E-state index is 12.5. The lowest BCUT2D eigenvalue weighted by Gasteiger charge is -2.14.